The third kappa shape index (κ3) is 18.9. The summed E-state index contributed by atoms with van der Waals surface area (Å²) in [6.45, 7) is 5.29. The zero-order valence-corrected chi connectivity index (χ0v) is 16.2. The molecular formula is C19H22HfO. The number of rotatable bonds is 0. The van der Waals surface area contributed by atoms with Crippen LogP contribution in [0.4, 0.5) is 0 Å². The van der Waals surface area contributed by atoms with Crippen LogP contribution in [0.3, 0.4) is 0 Å². The molecule has 0 spiro atoms. The number of hydrogen-bond acceptors (Lipinski definition) is 1. The third-order valence-electron chi connectivity index (χ3n) is 2.01. The maximum atomic E-state index is 8.93. The number of benzene rings is 1. The summed E-state index contributed by atoms with van der Waals surface area (Å²) in [4.78, 5) is 0. The normalized spacial score (nSPS) is 12.1. The van der Waals surface area contributed by atoms with Gasteiger partial charge in [0, 0.05) is 0 Å². The minimum atomic E-state index is 0. The molecule has 0 aliphatic heterocycles. The molecule has 0 aromatic heterocycles. The maximum Gasteiger partial charge on any atom is 4.00 e. The molecule has 1 aromatic carbocycles. The fourth-order valence-corrected chi connectivity index (χ4v) is 1.16. The Morgan fingerprint density at radius 3 is 1.57 bits per heavy atom. The zero-order chi connectivity index (χ0) is 14.9. The van der Waals surface area contributed by atoms with E-state index in [9.17, 15) is 0 Å². The minimum absolute atomic E-state index is 0. The van der Waals surface area contributed by atoms with E-state index in [1.54, 1.807) is 6.92 Å². The molecule has 1 nitrogen and oxygen atoms in total. The molecule has 2 aliphatic rings. The van der Waals surface area contributed by atoms with Crippen molar-refractivity contribution < 1.29 is 30.9 Å². The molecule has 0 heterocycles. The smallest absolute Gasteiger partial charge is 0.855 e. The van der Waals surface area contributed by atoms with Crippen LogP contribution < -0.4 is 5.11 Å². The molecule has 1 aromatic rings. The van der Waals surface area contributed by atoms with Crippen molar-refractivity contribution in [2.75, 3.05) is 6.61 Å². The van der Waals surface area contributed by atoms with Crippen LogP contribution in [0.15, 0.2) is 66.8 Å². The predicted molar refractivity (Wildman–Crippen MR) is 84.6 cm³/mol. The first kappa shape index (κ1) is 22.2. The van der Waals surface area contributed by atoms with Gasteiger partial charge in [0.05, 0.1) is 0 Å². The first-order valence-corrected chi connectivity index (χ1v) is 6.69. The second kappa shape index (κ2) is 18.9. The minimum Gasteiger partial charge on any atom is -0.855 e. The molecule has 0 fully saturated rings. The van der Waals surface area contributed by atoms with Crippen molar-refractivity contribution in [2.45, 2.75) is 19.8 Å². The first-order valence-electron chi connectivity index (χ1n) is 6.69. The van der Waals surface area contributed by atoms with Gasteiger partial charge in [-0.05, 0) is 0 Å². The topological polar surface area (TPSA) is 23.1 Å². The summed E-state index contributed by atoms with van der Waals surface area (Å²) >= 11 is 0. The zero-order valence-electron chi connectivity index (χ0n) is 12.6. The fourth-order valence-electron chi connectivity index (χ4n) is 1.16. The van der Waals surface area contributed by atoms with Crippen LogP contribution in [0.1, 0.15) is 25.3 Å². The molecule has 0 saturated heterocycles. The molecular weight excluding hydrogens is 423 g/mol. The van der Waals surface area contributed by atoms with Crippen LogP contribution in [0.5, 0.6) is 0 Å². The quantitative estimate of drug-likeness (QED) is 0.440. The van der Waals surface area contributed by atoms with Crippen LogP contribution in [0.2, 0.25) is 0 Å². The molecule has 0 unspecified atom stereocenters. The van der Waals surface area contributed by atoms with E-state index < -0.39 is 0 Å². The fraction of sp³-hybridized carbons (Fsp3) is 0.211. The number of allylic oxidation sites excluding steroid dienone is 8. The molecule has 0 radical (unpaired) electrons. The van der Waals surface area contributed by atoms with Gasteiger partial charge in [0.15, 0.2) is 0 Å². The monoisotopic (exact) mass is 446 g/mol. The van der Waals surface area contributed by atoms with E-state index in [0.29, 0.717) is 0 Å². The Labute approximate surface area is 148 Å². The van der Waals surface area contributed by atoms with Crippen LogP contribution in [0.25, 0.3) is 0 Å². The number of hydrogen-bond donors (Lipinski definition) is 0. The van der Waals surface area contributed by atoms with Crippen LogP contribution in [0, 0.1) is 19.1 Å². The van der Waals surface area contributed by atoms with Crippen molar-refractivity contribution in [3.63, 3.8) is 0 Å². The van der Waals surface area contributed by atoms with Crippen molar-refractivity contribution in [1.29, 1.82) is 0 Å². The Balaban J connectivity index is 0. The molecule has 21 heavy (non-hydrogen) atoms. The van der Waals surface area contributed by atoms with Gasteiger partial charge in [-0.1, -0.05) is 13.0 Å². The summed E-state index contributed by atoms with van der Waals surface area (Å²) in [6, 6.07) is 9.87. The molecule has 0 N–H and O–H groups in total. The summed E-state index contributed by atoms with van der Waals surface area (Å²) in [5.41, 5.74) is 1.07. The van der Waals surface area contributed by atoms with Gasteiger partial charge in [-0.2, -0.15) is 36.8 Å². The SMILES string of the molecule is CC[O-].[C-]1=CC=CC1.[C-]1=CC=CC1.[CH2-]c1ccccc1.[Hf+4]. The molecule has 2 heteroatoms. The van der Waals surface area contributed by atoms with E-state index in [-0.39, 0.29) is 32.5 Å². The summed E-state index contributed by atoms with van der Waals surface area (Å²) in [7, 11) is 0. The molecule has 0 bridgehead atoms. The van der Waals surface area contributed by atoms with E-state index in [4.69, 9.17) is 5.11 Å². The molecule has 0 atom stereocenters. The van der Waals surface area contributed by atoms with Gasteiger partial charge in [0.2, 0.25) is 0 Å². The Kier molecular flexibility index (Phi) is 19.9. The Morgan fingerprint density at radius 1 is 1.00 bits per heavy atom. The van der Waals surface area contributed by atoms with E-state index >= 15 is 0 Å². The standard InChI is InChI=1S/C7H7.2C5H5.C2H5O.Hf/c1-7-5-3-2-4-6-7;2*1-2-4-5-3-1;1-2-3;/h2-6H,1H2;2*1-3H,4H2;2H2,1H3;/q4*-1;+4. The molecule has 0 saturated carbocycles. The van der Waals surface area contributed by atoms with Gasteiger partial charge in [0.1, 0.15) is 0 Å². The third-order valence-corrected chi connectivity index (χ3v) is 2.01. The largest absolute Gasteiger partial charge is 4.00 e. The maximum absolute atomic E-state index is 8.93. The van der Waals surface area contributed by atoms with Crippen molar-refractivity contribution in [3.8, 4) is 0 Å². The second-order valence-electron chi connectivity index (χ2n) is 3.78. The van der Waals surface area contributed by atoms with Crippen LogP contribution in [-0.4, -0.2) is 6.61 Å². The van der Waals surface area contributed by atoms with Gasteiger partial charge < -0.3 is 5.11 Å². The average molecular weight is 445 g/mol. The van der Waals surface area contributed by atoms with Crippen molar-refractivity contribution in [1.82, 2.24) is 0 Å². The van der Waals surface area contributed by atoms with E-state index in [1.807, 2.05) is 54.6 Å². The van der Waals surface area contributed by atoms with E-state index in [1.165, 1.54) is 0 Å². The van der Waals surface area contributed by atoms with E-state index in [2.05, 4.69) is 31.2 Å². The Hall–Kier alpha value is -1.12. The Bertz CT molecular complexity index is 374. The van der Waals surface area contributed by atoms with Crippen molar-refractivity contribution in [3.05, 3.63) is 91.4 Å². The van der Waals surface area contributed by atoms with Crippen molar-refractivity contribution in [2.24, 2.45) is 0 Å². The summed E-state index contributed by atoms with van der Waals surface area (Å²) in [5.74, 6) is 0. The van der Waals surface area contributed by atoms with Crippen LogP contribution in [-0.2, 0) is 25.8 Å². The van der Waals surface area contributed by atoms with Gasteiger partial charge in [-0.25, -0.2) is 24.3 Å². The average Bonchev–Trinajstić information content (AvgIpc) is 3.20. The molecule has 108 valence electrons. The summed E-state index contributed by atoms with van der Waals surface area (Å²) in [6.07, 6.45) is 20.0. The van der Waals surface area contributed by atoms with Gasteiger partial charge in [-0.3, -0.25) is 12.2 Å². The molecule has 2 aliphatic carbocycles. The van der Waals surface area contributed by atoms with Gasteiger partial charge in [-0.15, -0.1) is 31.6 Å². The first-order chi connectivity index (χ1) is 9.81. The summed E-state index contributed by atoms with van der Waals surface area (Å²) < 4.78 is 0. The Morgan fingerprint density at radius 2 is 1.43 bits per heavy atom. The van der Waals surface area contributed by atoms with Gasteiger partial charge >= 0.3 is 25.8 Å². The second-order valence-corrected chi connectivity index (χ2v) is 3.78. The molecule has 0 amide bonds. The van der Waals surface area contributed by atoms with E-state index in [0.717, 1.165) is 18.4 Å². The molecule has 3 rings (SSSR count). The summed E-state index contributed by atoms with van der Waals surface area (Å²) in [5, 5.41) is 8.93. The van der Waals surface area contributed by atoms with Crippen molar-refractivity contribution >= 4 is 0 Å². The van der Waals surface area contributed by atoms with Crippen LogP contribution >= 0.6 is 0 Å². The predicted octanol–water partition coefficient (Wildman–Crippen LogP) is 3.84. The van der Waals surface area contributed by atoms with Gasteiger partial charge in [0.25, 0.3) is 0 Å².